The van der Waals surface area contributed by atoms with Crippen molar-refractivity contribution < 1.29 is 4.74 Å². The van der Waals surface area contributed by atoms with Crippen LogP contribution in [0.3, 0.4) is 0 Å². The number of ether oxygens (including phenoxy) is 1. The zero-order valence-electron chi connectivity index (χ0n) is 10.1. The Labute approximate surface area is 103 Å². The molecule has 3 heteroatoms. The molecule has 0 radical (unpaired) electrons. The first kappa shape index (κ1) is 11.1. The molecule has 0 saturated carbocycles. The first-order valence-corrected chi connectivity index (χ1v) is 6.62. The van der Waals surface area contributed by atoms with Crippen LogP contribution in [-0.2, 0) is 0 Å². The molecule has 2 heterocycles. The minimum atomic E-state index is 0.370. The molecule has 3 nitrogen and oxygen atoms in total. The van der Waals surface area contributed by atoms with Crippen molar-refractivity contribution in [1.82, 2.24) is 10.6 Å². The fourth-order valence-corrected chi connectivity index (χ4v) is 2.71. The van der Waals surface area contributed by atoms with Crippen LogP contribution >= 0.6 is 0 Å². The Bertz CT molecular complexity index is 374. The van der Waals surface area contributed by atoms with Crippen molar-refractivity contribution in [2.45, 2.75) is 31.3 Å². The highest BCUT2D eigenvalue weighted by molar-refractivity contribution is 5.39. The summed E-state index contributed by atoms with van der Waals surface area (Å²) >= 11 is 0. The summed E-state index contributed by atoms with van der Waals surface area (Å²) in [4.78, 5) is 0. The number of rotatable bonds is 3. The Balaban J connectivity index is 1.56. The maximum Gasteiger partial charge on any atom is 0.124 e. The van der Waals surface area contributed by atoms with Crippen LogP contribution in [0, 0.1) is 0 Å². The second-order valence-corrected chi connectivity index (χ2v) is 4.96. The number of para-hydroxylation sites is 1. The molecule has 0 spiro atoms. The normalized spacial score (nSPS) is 27.5. The van der Waals surface area contributed by atoms with E-state index in [0.717, 1.165) is 18.9 Å². The Hall–Kier alpha value is -1.06. The van der Waals surface area contributed by atoms with E-state index < -0.39 is 0 Å². The van der Waals surface area contributed by atoms with E-state index in [1.54, 1.807) is 0 Å². The predicted molar refractivity (Wildman–Crippen MR) is 68.3 cm³/mol. The predicted octanol–water partition coefficient (Wildman–Crippen LogP) is 1.85. The van der Waals surface area contributed by atoms with Gasteiger partial charge < -0.3 is 15.4 Å². The third-order valence-electron chi connectivity index (χ3n) is 3.72. The van der Waals surface area contributed by atoms with Crippen LogP contribution in [-0.4, -0.2) is 25.7 Å². The Morgan fingerprint density at radius 2 is 2.24 bits per heavy atom. The van der Waals surface area contributed by atoms with Gasteiger partial charge in [0.1, 0.15) is 12.4 Å². The standard InChI is InChI=1S/C14H20N2O/c1-2-7-14-12(6-1)13(10-17-14)16-9-11-5-3-4-8-15-11/h1-2,6-7,11,13,15-16H,3-5,8-10H2. The summed E-state index contributed by atoms with van der Waals surface area (Å²) in [5, 5.41) is 7.18. The third kappa shape index (κ3) is 2.45. The van der Waals surface area contributed by atoms with Gasteiger partial charge in [0.2, 0.25) is 0 Å². The quantitative estimate of drug-likeness (QED) is 0.834. The molecule has 1 fully saturated rings. The molecule has 2 aliphatic heterocycles. The topological polar surface area (TPSA) is 33.3 Å². The van der Waals surface area contributed by atoms with Crippen LogP contribution in [0.4, 0.5) is 0 Å². The van der Waals surface area contributed by atoms with Crippen molar-refractivity contribution in [3.63, 3.8) is 0 Å². The summed E-state index contributed by atoms with van der Waals surface area (Å²) < 4.78 is 5.67. The molecule has 2 atom stereocenters. The average molecular weight is 232 g/mol. The number of hydrogen-bond donors (Lipinski definition) is 2. The second-order valence-electron chi connectivity index (χ2n) is 4.96. The Kier molecular flexibility index (Phi) is 3.29. The van der Waals surface area contributed by atoms with E-state index in [2.05, 4.69) is 28.8 Å². The fourth-order valence-electron chi connectivity index (χ4n) is 2.71. The van der Waals surface area contributed by atoms with Crippen LogP contribution < -0.4 is 15.4 Å². The van der Waals surface area contributed by atoms with Gasteiger partial charge in [-0.1, -0.05) is 24.6 Å². The smallest absolute Gasteiger partial charge is 0.124 e. The third-order valence-corrected chi connectivity index (χ3v) is 3.72. The first-order valence-electron chi connectivity index (χ1n) is 6.62. The van der Waals surface area contributed by atoms with E-state index >= 15 is 0 Å². The summed E-state index contributed by atoms with van der Waals surface area (Å²) in [7, 11) is 0. The van der Waals surface area contributed by atoms with Crippen molar-refractivity contribution in [1.29, 1.82) is 0 Å². The van der Waals surface area contributed by atoms with Crippen LogP contribution in [0.2, 0.25) is 0 Å². The van der Waals surface area contributed by atoms with Gasteiger partial charge in [0, 0.05) is 18.2 Å². The summed E-state index contributed by atoms with van der Waals surface area (Å²) in [5.41, 5.74) is 1.31. The molecule has 3 rings (SSSR count). The summed E-state index contributed by atoms with van der Waals surface area (Å²) in [5.74, 6) is 1.04. The molecule has 1 saturated heterocycles. The lowest BCUT2D eigenvalue weighted by molar-refractivity contribution is 0.297. The summed E-state index contributed by atoms with van der Waals surface area (Å²) in [6.45, 7) is 2.98. The van der Waals surface area contributed by atoms with E-state index in [0.29, 0.717) is 12.1 Å². The van der Waals surface area contributed by atoms with Gasteiger partial charge in [0.25, 0.3) is 0 Å². The SMILES string of the molecule is c1ccc2c(c1)OCC2NCC1CCCCN1. The number of nitrogens with one attached hydrogen (secondary N) is 2. The molecule has 1 aromatic rings. The highest BCUT2D eigenvalue weighted by atomic mass is 16.5. The number of fused-ring (bicyclic) bond motifs is 1. The Morgan fingerprint density at radius 1 is 1.29 bits per heavy atom. The van der Waals surface area contributed by atoms with Crippen molar-refractivity contribution in [2.75, 3.05) is 19.7 Å². The lowest BCUT2D eigenvalue weighted by Gasteiger charge is -2.25. The number of hydrogen-bond acceptors (Lipinski definition) is 3. The van der Waals surface area contributed by atoms with Crippen LogP contribution in [0.15, 0.2) is 24.3 Å². The average Bonchev–Trinajstić information content (AvgIpc) is 2.81. The van der Waals surface area contributed by atoms with Gasteiger partial charge in [-0.2, -0.15) is 0 Å². The zero-order valence-corrected chi connectivity index (χ0v) is 10.1. The van der Waals surface area contributed by atoms with E-state index in [1.165, 1.54) is 31.4 Å². The van der Waals surface area contributed by atoms with Gasteiger partial charge >= 0.3 is 0 Å². The number of piperidine rings is 1. The van der Waals surface area contributed by atoms with Gasteiger partial charge in [0.05, 0.1) is 6.04 Å². The highest BCUT2D eigenvalue weighted by Gasteiger charge is 2.24. The van der Waals surface area contributed by atoms with Crippen molar-refractivity contribution in [3.05, 3.63) is 29.8 Å². The molecule has 92 valence electrons. The maximum absolute atomic E-state index is 5.67. The summed E-state index contributed by atoms with van der Waals surface area (Å²) in [6.07, 6.45) is 3.98. The van der Waals surface area contributed by atoms with Crippen LogP contribution in [0.5, 0.6) is 5.75 Å². The van der Waals surface area contributed by atoms with E-state index in [1.807, 2.05) is 6.07 Å². The van der Waals surface area contributed by atoms with Gasteiger partial charge in [-0.05, 0) is 25.5 Å². The molecule has 2 N–H and O–H groups in total. The fraction of sp³-hybridized carbons (Fsp3) is 0.571. The molecule has 0 aliphatic carbocycles. The van der Waals surface area contributed by atoms with Gasteiger partial charge in [-0.3, -0.25) is 0 Å². The van der Waals surface area contributed by atoms with Gasteiger partial charge in [-0.25, -0.2) is 0 Å². The van der Waals surface area contributed by atoms with E-state index in [-0.39, 0.29) is 0 Å². The summed E-state index contributed by atoms with van der Waals surface area (Å²) in [6, 6.07) is 9.33. The molecule has 0 aromatic heterocycles. The molecule has 2 aliphatic rings. The monoisotopic (exact) mass is 232 g/mol. The minimum Gasteiger partial charge on any atom is -0.491 e. The number of benzene rings is 1. The minimum absolute atomic E-state index is 0.370. The molecule has 0 amide bonds. The van der Waals surface area contributed by atoms with Crippen molar-refractivity contribution in [3.8, 4) is 5.75 Å². The first-order chi connectivity index (χ1) is 8.43. The largest absolute Gasteiger partial charge is 0.491 e. The van der Waals surface area contributed by atoms with Crippen LogP contribution in [0.1, 0.15) is 30.9 Å². The van der Waals surface area contributed by atoms with Gasteiger partial charge in [-0.15, -0.1) is 0 Å². The van der Waals surface area contributed by atoms with Crippen molar-refractivity contribution >= 4 is 0 Å². The second kappa shape index (κ2) is 5.07. The molecular formula is C14H20N2O. The maximum atomic E-state index is 5.67. The molecule has 17 heavy (non-hydrogen) atoms. The Morgan fingerprint density at radius 3 is 3.12 bits per heavy atom. The van der Waals surface area contributed by atoms with Gasteiger partial charge in [0.15, 0.2) is 0 Å². The lowest BCUT2D eigenvalue weighted by Crippen LogP contribution is -2.42. The highest BCUT2D eigenvalue weighted by Crippen LogP contribution is 2.31. The molecule has 0 bridgehead atoms. The molecule has 2 unspecified atom stereocenters. The van der Waals surface area contributed by atoms with Crippen LogP contribution in [0.25, 0.3) is 0 Å². The van der Waals surface area contributed by atoms with E-state index in [4.69, 9.17) is 4.74 Å². The van der Waals surface area contributed by atoms with Crippen molar-refractivity contribution in [2.24, 2.45) is 0 Å². The zero-order chi connectivity index (χ0) is 11.5. The molecule has 1 aromatic carbocycles. The lowest BCUT2D eigenvalue weighted by atomic mass is 10.0. The van der Waals surface area contributed by atoms with E-state index in [9.17, 15) is 0 Å². The molecular weight excluding hydrogens is 212 g/mol.